The molecule has 0 aliphatic heterocycles. The minimum Gasteiger partial charge on any atom is -0.457 e. The molecule has 2 aromatic rings. The van der Waals surface area contributed by atoms with Crippen LogP contribution in [0.3, 0.4) is 0 Å². The highest BCUT2D eigenvalue weighted by Crippen LogP contribution is 2.24. The second-order valence-electron chi connectivity index (χ2n) is 4.28. The van der Waals surface area contributed by atoms with Crippen LogP contribution >= 0.6 is 22.6 Å². The Kier molecular flexibility index (Phi) is 4.05. The second kappa shape index (κ2) is 5.54. The lowest BCUT2D eigenvalue weighted by Gasteiger charge is -2.08. The predicted octanol–water partition coefficient (Wildman–Crippen LogP) is 5.21. The summed E-state index contributed by atoms with van der Waals surface area (Å²) in [5, 5.41) is 0. The topological polar surface area (TPSA) is 9.23 Å². The molecule has 0 aliphatic rings. The molecule has 0 aliphatic carbocycles. The third-order valence-electron chi connectivity index (χ3n) is 2.60. The molecule has 0 N–H and O–H groups in total. The fourth-order valence-electron chi connectivity index (χ4n) is 1.56. The maximum atomic E-state index is 5.76. The van der Waals surface area contributed by atoms with E-state index in [0.717, 1.165) is 11.5 Å². The van der Waals surface area contributed by atoms with E-state index in [1.807, 2.05) is 36.4 Å². The van der Waals surface area contributed by atoms with Crippen molar-refractivity contribution >= 4 is 22.6 Å². The molecule has 2 aromatic carbocycles. The fourth-order valence-corrected chi connectivity index (χ4v) is 1.92. The Balaban J connectivity index is 2.11. The summed E-state index contributed by atoms with van der Waals surface area (Å²) in [5.41, 5.74) is 1.33. The summed E-state index contributed by atoms with van der Waals surface area (Å²) in [5.74, 6) is 2.32. The molecular formula is C15H15IO. The second-order valence-corrected chi connectivity index (χ2v) is 5.53. The Morgan fingerprint density at radius 2 is 1.29 bits per heavy atom. The normalized spacial score (nSPS) is 10.6. The van der Waals surface area contributed by atoms with Crippen LogP contribution in [-0.4, -0.2) is 0 Å². The van der Waals surface area contributed by atoms with Crippen LogP contribution in [0.4, 0.5) is 0 Å². The predicted molar refractivity (Wildman–Crippen MR) is 79.8 cm³/mol. The van der Waals surface area contributed by atoms with Crippen LogP contribution in [0.25, 0.3) is 0 Å². The third kappa shape index (κ3) is 3.46. The minimum absolute atomic E-state index is 0.558. The molecule has 2 rings (SSSR count). The zero-order valence-electron chi connectivity index (χ0n) is 9.98. The molecule has 0 bridgehead atoms. The molecule has 0 saturated carbocycles. The average molecular weight is 338 g/mol. The summed E-state index contributed by atoms with van der Waals surface area (Å²) < 4.78 is 6.98. The summed E-state index contributed by atoms with van der Waals surface area (Å²) in [4.78, 5) is 0. The molecule has 0 unspecified atom stereocenters. The zero-order chi connectivity index (χ0) is 12.3. The van der Waals surface area contributed by atoms with E-state index < -0.39 is 0 Å². The lowest BCUT2D eigenvalue weighted by Crippen LogP contribution is -1.88. The largest absolute Gasteiger partial charge is 0.457 e. The molecule has 0 atom stereocenters. The molecule has 0 spiro atoms. The summed E-state index contributed by atoms with van der Waals surface area (Å²) >= 11 is 2.28. The molecule has 17 heavy (non-hydrogen) atoms. The average Bonchev–Trinajstić information content (AvgIpc) is 2.33. The van der Waals surface area contributed by atoms with E-state index in [9.17, 15) is 0 Å². The Hall–Kier alpha value is -1.03. The van der Waals surface area contributed by atoms with E-state index in [2.05, 4.69) is 48.6 Å². The highest BCUT2D eigenvalue weighted by atomic mass is 127. The third-order valence-corrected chi connectivity index (χ3v) is 3.32. The SMILES string of the molecule is CC(C)c1ccc(Oc2ccc(I)cc2)cc1. The first-order chi connectivity index (χ1) is 8.15. The van der Waals surface area contributed by atoms with Gasteiger partial charge in [0.2, 0.25) is 0 Å². The molecule has 1 nitrogen and oxygen atoms in total. The van der Waals surface area contributed by atoms with Gasteiger partial charge in [0.05, 0.1) is 0 Å². The van der Waals surface area contributed by atoms with E-state index in [1.165, 1.54) is 9.13 Å². The van der Waals surface area contributed by atoms with Crippen molar-refractivity contribution in [1.82, 2.24) is 0 Å². The van der Waals surface area contributed by atoms with Crippen molar-refractivity contribution in [3.8, 4) is 11.5 Å². The molecule has 88 valence electrons. The molecule has 0 amide bonds. The van der Waals surface area contributed by atoms with Crippen molar-refractivity contribution in [3.63, 3.8) is 0 Å². The van der Waals surface area contributed by atoms with Gasteiger partial charge in [-0.1, -0.05) is 26.0 Å². The van der Waals surface area contributed by atoms with Crippen molar-refractivity contribution in [2.75, 3.05) is 0 Å². The van der Waals surface area contributed by atoms with Gasteiger partial charge in [-0.05, 0) is 70.5 Å². The van der Waals surface area contributed by atoms with E-state index >= 15 is 0 Å². The first-order valence-corrected chi connectivity index (χ1v) is 6.76. The van der Waals surface area contributed by atoms with Crippen LogP contribution in [0.15, 0.2) is 48.5 Å². The summed E-state index contributed by atoms with van der Waals surface area (Å²) in [6.07, 6.45) is 0. The van der Waals surface area contributed by atoms with Crippen LogP contribution in [-0.2, 0) is 0 Å². The first-order valence-electron chi connectivity index (χ1n) is 5.68. The van der Waals surface area contributed by atoms with Crippen molar-refractivity contribution in [3.05, 3.63) is 57.7 Å². The van der Waals surface area contributed by atoms with Gasteiger partial charge in [0, 0.05) is 3.57 Å². The first kappa shape index (κ1) is 12.4. The van der Waals surface area contributed by atoms with Crippen LogP contribution < -0.4 is 4.74 Å². The van der Waals surface area contributed by atoms with E-state index in [1.54, 1.807) is 0 Å². The van der Waals surface area contributed by atoms with Crippen LogP contribution in [0.2, 0.25) is 0 Å². The lowest BCUT2D eigenvalue weighted by molar-refractivity contribution is 0.482. The van der Waals surface area contributed by atoms with Gasteiger partial charge in [0.15, 0.2) is 0 Å². The van der Waals surface area contributed by atoms with Gasteiger partial charge < -0.3 is 4.74 Å². The number of ether oxygens (including phenoxy) is 1. The quantitative estimate of drug-likeness (QED) is 0.699. The molecular weight excluding hydrogens is 323 g/mol. The highest BCUT2D eigenvalue weighted by molar-refractivity contribution is 14.1. The number of halogens is 1. The summed E-state index contributed by atoms with van der Waals surface area (Å²) in [6, 6.07) is 16.3. The Bertz CT molecular complexity index is 471. The standard InChI is InChI=1S/C15H15IO/c1-11(2)12-3-7-14(8-4-12)17-15-9-5-13(16)6-10-15/h3-11H,1-2H3. The summed E-state index contributed by atoms with van der Waals surface area (Å²) in [7, 11) is 0. The number of rotatable bonds is 3. The van der Waals surface area contributed by atoms with Crippen LogP contribution in [0.5, 0.6) is 11.5 Å². The maximum Gasteiger partial charge on any atom is 0.127 e. The molecule has 2 heteroatoms. The molecule has 0 fully saturated rings. The summed E-state index contributed by atoms with van der Waals surface area (Å²) in [6.45, 7) is 4.38. The smallest absolute Gasteiger partial charge is 0.127 e. The number of hydrogen-bond acceptors (Lipinski definition) is 1. The minimum atomic E-state index is 0.558. The highest BCUT2D eigenvalue weighted by Gasteiger charge is 2.00. The van der Waals surface area contributed by atoms with Crippen LogP contribution in [0, 0.1) is 3.57 Å². The van der Waals surface area contributed by atoms with Crippen molar-refractivity contribution in [1.29, 1.82) is 0 Å². The monoisotopic (exact) mass is 338 g/mol. The Labute approximate surface area is 116 Å². The van der Waals surface area contributed by atoms with Crippen molar-refractivity contribution in [2.45, 2.75) is 19.8 Å². The molecule has 0 radical (unpaired) electrons. The van der Waals surface area contributed by atoms with Gasteiger partial charge in [-0.3, -0.25) is 0 Å². The van der Waals surface area contributed by atoms with Gasteiger partial charge in [-0.15, -0.1) is 0 Å². The Morgan fingerprint density at radius 1 is 0.824 bits per heavy atom. The molecule has 0 aromatic heterocycles. The van der Waals surface area contributed by atoms with E-state index in [4.69, 9.17) is 4.74 Å². The van der Waals surface area contributed by atoms with Gasteiger partial charge in [-0.2, -0.15) is 0 Å². The molecule has 0 saturated heterocycles. The van der Waals surface area contributed by atoms with Gasteiger partial charge in [-0.25, -0.2) is 0 Å². The van der Waals surface area contributed by atoms with Gasteiger partial charge in [0.1, 0.15) is 11.5 Å². The zero-order valence-corrected chi connectivity index (χ0v) is 12.1. The Morgan fingerprint density at radius 3 is 1.76 bits per heavy atom. The fraction of sp³-hybridized carbons (Fsp3) is 0.200. The van der Waals surface area contributed by atoms with Crippen molar-refractivity contribution < 1.29 is 4.74 Å². The lowest BCUT2D eigenvalue weighted by atomic mass is 10.0. The number of benzene rings is 2. The van der Waals surface area contributed by atoms with Crippen molar-refractivity contribution in [2.24, 2.45) is 0 Å². The van der Waals surface area contributed by atoms with Gasteiger partial charge in [0.25, 0.3) is 0 Å². The van der Waals surface area contributed by atoms with Gasteiger partial charge >= 0.3 is 0 Å². The maximum absolute atomic E-state index is 5.76. The van der Waals surface area contributed by atoms with E-state index in [0.29, 0.717) is 5.92 Å². The molecule has 0 heterocycles. The van der Waals surface area contributed by atoms with Crippen LogP contribution in [0.1, 0.15) is 25.3 Å². The number of hydrogen-bond donors (Lipinski definition) is 0. The van der Waals surface area contributed by atoms with E-state index in [-0.39, 0.29) is 0 Å².